The Hall–Kier alpha value is -2.04. The number of nitro groups is 1. The minimum atomic E-state index is -2.31. The third-order valence-electron chi connectivity index (χ3n) is 6.81. The number of nitrogens with two attached hydrogens (primary N) is 1. The second-order valence-corrected chi connectivity index (χ2v) is 14.6. The van der Waals surface area contributed by atoms with E-state index in [9.17, 15) is 14.9 Å². The molecule has 0 unspecified atom stereocenters. The van der Waals surface area contributed by atoms with Gasteiger partial charge in [-0.25, -0.2) is 4.79 Å². The minimum absolute atomic E-state index is 0.0556. The largest absolute Gasteiger partial charge is 0.434 e. The van der Waals surface area contributed by atoms with Crippen molar-refractivity contribution in [2.75, 3.05) is 13.1 Å². The number of carbonyl (C=O) groups excluding carboxylic acids is 1. The zero-order chi connectivity index (χ0) is 22.3. The lowest BCUT2D eigenvalue weighted by Gasteiger charge is -2.51. The maximum absolute atomic E-state index is 12.1. The molecule has 10 heteroatoms. The van der Waals surface area contributed by atoms with E-state index in [1.807, 2.05) is 0 Å². The Kier molecular flexibility index (Phi) is 5.96. The molecule has 1 aliphatic heterocycles. The standard InChI is InChI=1S/C20H32N4O5Si/c1-19(2,3)30(4,5)29-17-14(13-6-7-13)10-23-12-20(17,28-18(21)25)15-8-9-22-11-16(15)24(26)27/h8-9,11,13-14,17,23H,6-7,10,12H2,1-5H3,(H2,21,25)/t14-,17-,20+/m1/s1. The van der Waals surface area contributed by atoms with Crippen molar-refractivity contribution >= 4 is 20.1 Å². The molecule has 2 heterocycles. The van der Waals surface area contributed by atoms with E-state index in [1.165, 1.54) is 12.4 Å². The van der Waals surface area contributed by atoms with Crippen LogP contribution < -0.4 is 11.1 Å². The summed E-state index contributed by atoms with van der Waals surface area (Å²) < 4.78 is 12.7. The number of primary amides is 1. The number of carbonyl (C=O) groups is 1. The van der Waals surface area contributed by atoms with Gasteiger partial charge in [0.05, 0.1) is 16.6 Å². The lowest BCUT2D eigenvalue weighted by molar-refractivity contribution is -0.387. The maximum Gasteiger partial charge on any atom is 0.405 e. The van der Waals surface area contributed by atoms with Crippen LogP contribution in [0.5, 0.6) is 0 Å². The highest BCUT2D eigenvalue weighted by Crippen LogP contribution is 2.51. The van der Waals surface area contributed by atoms with E-state index in [2.05, 4.69) is 44.2 Å². The van der Waals surface area contributed by atoms with Crippen molar-refractivity contribution in [2.45, 2.75) is 63.5 Å². The number of nitrogens with one attached hydrogen (secondary N) is 1. The van der Waals surface area contributed by atoms with Crippen molar-refractivity contribution in [3.05, 3.63) is 34.1 Å². The van der Waals surface area contributed by atoms with E-state index in [-0.39, 0.29) is 28.8 Å². The number of piperidine rings is 1. The van der Waals surface area contributed by atoms with Gasteiger partial charge in [-0.1, -0.05) is 20.8 Å². The zero-order valence-corrected chi connectivity index (χ0v) is 19.3. The van der Waals surface area contributed by atoms with Crippen LogP contribution in [0.25, 0.3) is 0 Å². The molecule has 3 atom stereocenters. The Morgan fingerprint density at radius 1 is 1.40 bits per heavy atom. The molecule has 166 valence electrons. The van der Waals surface area contributed by atoms with Gasteiger partial charge in [0, 0.05) is 25.2 Å². The van der Waals surface area contributed by atoms with E-state index < -0.39 is 31.0 Å². The molecule has 2 aliphatic rings. The van der Waals surface area contributed by atoms with Crippen LogP contribution in [0, 0.1) is 22.0 Å². The van der Waals surface area contributed by atoms with Crippen molar-refractivity contribution in [2.24, 2.45) is 17.6 Å². The van der Waals surface area contributed by atoms with Gasteiger partial charge in [0.1, 0.15) is 6.20 Å². The predicted octanol–water partition coefficient (Wildman–Crippen LogP) is 3.30. The minimum Gasteiger partial charge on any atom is -0.434 e. The molecule has 0 aromatic carbocycles. The predicted molar refractivity (Wildman–Crippen MR) is 114 cm³/mol. The highest BCUT2D eigenvalue weighted by Gasteiger charge is 2.58. The molecule has 1 amide bonds. The molecule has 2 fully saturated rings. The number of amides is 1. The fourth-order valence-electron chi connectivity index (χ4n) is 4.06. The van der Waals surface area contributed by atoms with Crippen molar-refractivity contribution in [1.29, 1.82) is 0 Å². The molecular weight excluding hydrogens is 404 g/mol. The van der Waals surface area contributed by atoms with Gasteiger partial charge in [0.2, 0.25) is 0 Å². The SMILES string of the molecule is CC(C)(C)[Si](C)(C)O[C@@H]1[C@@H](C2CC2)CNC[C@]1(OC(N)=O)c1ccncc1[N+](=O)[O-]. The van der Waals surface area contributed by atoms with Gasteiger partial charge in [-0.05, 0) is 43.0 Å². The van der Waals surface area contributed by atoms with Crippen LogP contribution in [0.1, 0.15) is 39.2 Å². The Labute approximate surface area is 178 Å². The Morgan fingerprint density at radius 2 is 2.07 bits per heavy atom. The van der Waals surface area contributed by atoms with Gasteiger partial charge in [0.25, 0.3) is 5.69 Å². The monoisotopic (exact) mass is 436 g/mol. The van der Waals surface area contributed by atoms with Crippen LogP contribution >= 0.6 is 0 Å². The highest BCUT2D eigenvalue weighted by molar-refractivity contribution is 6.74. The van der Waals surface area contributed by atoms with Crippen LogP contribution in [-0.2, 0) is 14.8 Å². The third kappa shape index (κ3) is 4.21. The number of nitrogens with zero attached hydrogens (tertiary/aromatic N) is 2. The molecule has 0 radical (unpaired) electrons. The Bertz CT molecular complexity index is 824. The summed E-state index contributed by atoms with van der Waals surface area (Å²) in [7, 11) is -2.31. The number of ether oxygens (including phenoxy) is 1. The molecule has 1 saturated heterocycles. The lowest BCUT2D eigenvalue weighted by Crippen LogP contribution is -2.64. The summed E-state index contributed by atoms with van der Waals surface area (Å²) in [4.78, 5) is 27.3. The van der Waals surface area contributed by atoms with E-state index in [0.29, 0.717) is 12.5 Å². The molecule has 3 rings (SSSR count). The maximum atomic E-state index is 12.1. The lowest BCUT2D eigenvalue weighted by atomic mass is 9.76. The van der Waals surface area contributed by atoms with Gasteiger partial charge in [-0.2, -0.15) is 0 Å². The van der Waals surface area contributed by atoms with Gasteiger partial charge in [-0.15, -0.1) is 0 Å². The first-order valence-corrected chi connectivity index (χ1v) is 13.3. The fraction of sp³-hybridized carbons (Fsp3) is 0.700. The summed E-state index contributed by atoms with van der Waals surface area (Å²) in [6, 6.07) is 1.54. The van der Waals surface area contributed by atoms with E-state index in [1.54, 1.807) is 6.07 Å². The summed E-state index contributed by atoms with van der Waals surface area (Å²) in [5, 5.41) is 15.1. The van der Waals surface area contributed by atoms with E-state index in [0.717, 1.165) is 12.8 Å². The first kappa shape index (κ1) is 22.6. The Balaban J connectivity index is 2.19. The van der Waals surface area contributed by atoms with Crippen LogP contribution in [-0.4, -0.2) is 43.5 Å². The first-order valence-electron chi connectivity index (χ1n) is 10.3. The summed E-state index contributed by atoms with van der Waals surface area (Å²) in [6.07, 6.45) is 3.26. The van der Waals surface area contributed by atoms with Crippen molar-refractivity contribution < 1.29 is 18.9 Å². The molecule has 3 N–H and O–H groups in total. The van der Waals surface area contributed by atoms with Crippen LogP contribution in [0.4, 0.5) is 10.5 Å². The van der Waals surface area contributed by atoms with Gasteiger partial charge in [0.15, 0.2) is 13.9 Å². The van der Waals surface area contributed by atoms with Crippen molar-refractivity contribution in [3.63, 3.8) is 0 Å². The van der Waals surface area contributed by atoms with Gasteiger partial charge >= 0.3 is 6.09 Å². The summed E-state index contributed by atoms with van der Waals surface area (Å²) in [5.41, 5.74) is 4.16. The third-order valence-corrected chi connectivity index (χ3v) is 11.3. The second-order valence-electron chi connectivity index (χ2n) is 9.89. The van der Waals surface area contributed by atoms with Gasteiger partial charge in [-0.3, -0.25) is 15.1 Å². The molecule has 1 aromatic rings. The molecule has 0 spiro atoms. The number of hydrogen-bond donors (Lipinski definition) is 2. The number of hydrogen-bond acceptors (Lipinski definition) is 7. The van der Waals surface area contributed by atoms with Crippen LogP contribution in [0.2, 0.25) is 18.1 Å². The van der Waals surface area contributed by atoms with E-state index in [4.69, 9.17) is 14.9 Å². The van der Waals surface area contributed by atoms with Crippen molar-refractivity contribution in [3.8, 4) is 0 Å². The van der Waals surface area contributed by atoms with Crippen LogP contribution in [0.15, 0.2) is 18.5 Å². The van der Waals surface area contributed by atoms with Crippen LogP contribution in [0.3, 0.4) is 0 Å². The summed E-state index contributed by atoms with van der Waals surface area (Å²) in [6.45, 7) is 11.6. The van der Waals surface area contributed by atoms with E-state index >= 15 is 0 Å². The molecule has 30 heavy (non-hydrogen) atoms. The molecule has 1 aromatic heterocycles. The fourth-order valence-corrected chi connectivity index (χ4v) is 5.41. The molecule has 1 saturated carbocycles. The first-order chi connectivity index (χ1) is 13.9. The quantitative estimate of drug-likeness (QED) is 0.397. The summed E-state index contributed by atoms with van der Waals surface area (Å²) in [5.74, 6) is 0.476. The summed E-state index contributed by atoms with van der Waals surface area (Å²) >= 11 is 0. The van der Waals surface area contributed by atoms with Crippen molar-refractivity contribution in [1.82, 2.24) is 10.3 Å². The number of pyridine rings is 1. The molecule has 1 aliphatic carbocycles. The van der Waals surface area contributed by atoms with Gasteiger partial charge < -0.3 is 20.2 Å². The Morgan fingerprint density at radius 3 is 2.60 bits per heavy atom. The molecule has 0 bridgehead atoms. The zero-order valence-electron chi connectivity index (χ0n) is 18.3. The number of rotatable bonds is 6. The average molecular weight is 437 g/mol. The number of aromatic nitrogens is 1. The highest BCUT2D eigenvalue weighted by atomic mass is 28.4. The molecular formula is C20H32N4O5Si. The normalized spacial score (nSPS) is 27.5. The smallest absolute Gasteiger partial charge is 0.405 e. The second kappa shape index (κ2) is 7.90. The topological polar surface area (TPSA) is 130 Å². The average Bonchev–Trinajstić information content (AvgIpc) is 3.46. The molecule has 9 nitrogen and oxygen atoms in total.